The lowest BCUT2D eigenvalue weighted by molar-refractivity contribution is 0.215. The summed E-state index contributed by atoms with van der Waals surface area (Å²) < 4.78 is 0. The molecule has 5 nitrogen and oxygen atoms in total. The molecule has 2 rings (SSSR count). The van der Waals surface area contributed by atoms with E-state index in [1.807, 2.05) is 36.2 Å². The van der Waals surface area contributed by atoms with Crippen molar-refractivity contribution in [3.05, 3.63) is 30.1 Å². The summed E-state index contributed by atoms with van der Waals surface area (Å²) in [4.78, 5) is 10.7. The molecule has 17 heavy (non-hydrogen) atoms. The van der Waals surface area contributed by atoms with Gasteiger partial charge in [-0.25, -0.2) is 9.97 Å². The number of para-hydroxylation sites is 1. The molecule has 2 aromatic rings. The lowest BCUT2D eigenvalue weighted by Gasteiger charge is -2.14. The summed E-state index contributed by atoms with van der Waals surface area (Å²) in [6.45, 7) is 1.30. The molecular formula is C12H16N4O. The molecule has 0 unspecified atom stereocenters. The molecule has 0 aliphatic heterocycles. The van der Waals surface area contributed by atoms with Crippen LogP contribution in [0.2, 0.25) is 0 Å². The minimum atomic E-state index is 0.125. The monoisotopic (exact) mass is 232 g/mol. The molecule has 1 aromatic carbocycles. The highest BCUT2D eigenvalue weighted by atomic mass is 16.3. The van der Waals surface area contributed by atoms with Crippen molar-refractivity contribution in [1.29, 1.82) is 0 Å². The first-order valence-electron chi connectivity index (χ1n) is 5.51. The normalized spacial score (nSPS) is 11.2. The number of rotatable bonds is 4. The average Bonchev–Trinajstić information content (AvgIpc) is 2.29. The summed E-state index contributed by atoms with van der Waals surface area (Å²) in [5.41, 5.74) is 6.74. The number of hydrogen-bond acceptors (Lipinski definition) is 5. The van der Waals surface area contributed by atoms with Crippen LogP contribution in [0.25, 0.3) is 10.9 Å². The van der Waals surface area contributed by atoms with Gasteiger partial charge in [0.05, 0.1) is 18.7 Å². The van der Waals surface area contributed by atoms with Gasteiger partial charge in [-0.05, 0) is 19.2 Å². The fraction of sp³-hybridized carbons (Fsp3) is 0.333. The van der Waals surface area contributed by atoms with Gasteiger partial charge in [-0.1, -0.05) is 12.1 Å². The zero-order valence-electron chi connectivity index (χ0n) is 9.80. The predicted molar refractivity (Wildman–Crippen MR) is 67.4 cm³/mol. The second-order valence-electron chi connectivity index (χ2n) is 4.00. The van der Waals surface area contributed by atoms with Crippen LogP contribution in [0.4, 0.5) is 5.82 Å². The Morgan fingerprint density at radius 3 is 2.82 bits per heavy atom. The molecule has 1 heterocycles. The molecule has 3 N–H and O–H groups in total. The standard InChI is InChI=1S/C12H16N4O/c1-16(6-7-17)8-11-14-10-5-3-2-4-9(10)12(13)15-11/h2-5,17H,6-8H2,1H3,(H2,13,14,15). The fourth-order valence-corrected chi connectivity index (χ4v) is 1.71. The number of aromatic nitrogens is 2. The summed E-state index contributed by atoms with van der Waals surface area (Å²) in [6.07, 6.45) is 0. The van der Waals surface area contributed by atoms with Crippen LogP contribution in [0.1, 0.15) is 5.82 Å². The molecule has 0 bridgehead atoms. The van der Waals surface area contributed by atoms with Crippen molar-refractivity contribution in [3.63, 3.8) is 0 Å². The molecule has 0 aliphatic rings. The zero-order chi connectivity index (χ0) is 12.3. The van der Waals surface area contributed by atoms with Gasteiger partial charge >= 0.3 is 0 Å². The first-order chi connectivity index (χ1) is 8.20. The molecule has 0 fully saturated rings. The minimum absolute atomic E-state index is 0.125. The van der Waals surface area contributed by atoms with Crippen LogP contribution in [-0.4, -0.2) is 40.2 Å². The maximum atomic E-state index is 8.83. The van der Waals surface area contributed by atoms with Crippen LogP contribution in [0.15, 0.2) is 24.3 Å². The molecule has 0 amide bonds. The van der Waals surface area contributed by atoms with E-state index in [9.17, 15) is 0 Å². The Balaban J connectivity index is 2.30. The van der Waals surface area contributed by atoms with Gasteiger partial charge in [0.25, 0.3) is 0 Å². The molecule has 0 aliphatic carbocycles. The number of nitrogen functional groups attached to an aromatic ring is 1. The van der Waals surface area contributed by atoms with Crippen molar-refractivity contribution in [3.8, 4) is 0 Å². The van der Waals surface area contributed by atoms with E-state index >= 15 is 0 Å². The number of aliphatic hydroxyl groups excluding tert-OH is 1. The molecule has 0 radical (unpaired) electrons. The van der Waals surface area contributed by atoms with Gasteiger partial charge in [0.15, 0.2) is 0 Å². The topological polar surface area (TPSA) is 75.3 Å². The predicted octanol–water partition coefficient (Wildman–Crippen LogP) is 0.636. The van der Waals surface area contributed by atoms with Crippen molar-refractivity contribution >= 4 is 16.7 Å². The van der Waals surface area contributed by atoms with E-state index < -0.39 is 0 Å². The zero-order valence-corrected chi connectivity index (χ0v) is 9.80. The third kappa shape index (κ3) is 2.69. The second-order valence-corrected chi connectivity index (χ2v) is 4.00. The van der Waals surface area contributed by atoms with Crippen LogP contribution >= 0.6 is 0 Å². The number of likely N-dealkylation sites (N-methyl/N-ethyl adjacent to an activating group) is 1. The third-order valence-electron chi connectivity index (χ3n) is 2.57. The first-order valence-corrected chi connectivity index (χ1v) is 5.51. The molecule has 0 atom stereocenters. The summed E-state index contributed by atoms with van der Waals surface area (Å²) in [5, 5.41) is 9.71. The van der Waals surface area contributed by atoms with Crippen molar-refractivity contribution in [1.82, 2.24) is 14.9 Å². The highest BCUT2D eigenvalue weighted by Crippen LogP contribution is 2.17. The largest absolute Gasteiger partial charge is 0.395 e. The van der Waals surface area contributed by atoms with E-state index in [1.165, 1.54) is 0 Å². The Kier molecular flexibility index (Phi) is 3.51. The quantitative estimate of drug-likeness (QED) is 0.809. The van der Waals surface area contributed by atoms with Crippen LogP contribution in [0.5, 0.6) is 0 Å². The molecule has 0 saturated heterocycles. The Morgan fingerprint density at radius 2 is 2.06 bits per heavy atom. The Hall–Kier alpha value is -1.72. The van der Waals surface area contributed by atoms with Crippen molar-refractivity contribution in [2.24, 2.45) is 0 Å². The van der Waals surface area contributed by atoms with Gasteiger partial charge in [-0.15, -0.1) is 0 Å². The van der Waals surface area contributed by atoms with Crippen LogP contribution in [0, 0.1) is 0 Å². The van der Waals surface area contributed by atoms with Crippen molar-refractivity contribution < 1.29 is 5.11 Å². The highest BCUT2D eigenvalue weighted by Gasteiger charge is 2.06. The van der Waals surface area contributed by atoms with Gasteiger partial charge in [0.2, 0.25) is 0 Å². The molecule has 90 valence electrons. The van der Waals surface area contributed by atoms with Crippen molar-refractivity contribution in [2.75, 3.05) is 25.9 Å². The Bertz CT molecular complexity index is 515. The van der Waals surface area contributed by atoms with Crippen LogP contribution in [-0.2, 0) is 6.54 Å². The van der Waals surface area contributed by atoms with E-state index in [1.54, 1.807) is 0 Å². The second kappa shape index (κ2) is 5.07. The lowest BCUT2D eigenvalue weighted by atomic mass is 10.2. The van der Waals surface area contributed by atoms with E-state index in [2.05, 4.69) is 9.97 Å². The van der Waals surface area contributed by atoms with Gasteiger partial charge in [-0.2, -0.15) is 0 Å². The smallest absolute Gasteiger partial charge is 0.145 e. The summed E-state index contributed by atoms with van der Waals surface area (Å²) in [7, 11) is 1.91. The number of nitrogens with two attached hydrogens (primary N) is 1. The number of fused-ring (bicyclic) bond motifs is 1. The number of nitrogens with zero attached hydrogens (tertiary/aromatic N) is 3. The van der Waals surface area contributed by atoms with Gasteiger partial charge in [-0.3, -0.25) is 4.90 Å². The molecule has 1 aromatic heterocycles. The SMILES string of the molecule is CN(CCO)Cc1nc(N)c2ccccc2n1. The van der Waals surface area contributed by atoms with Crippen LogP contribution < -0.4 is 5.73 Å². The van der Waals surface area contributed by atoms with Gasteiger partial charge < -0.3 is 10.8 Å². The van der Waals surface area contributed by atoms with E-state index in [-0.39, 0.29) is 6.61 Å². The van der Waals surface area contributed by atoms with Crippen molar-refractivity contribution in [2.45, 2.75) is 6.54 Å². The van der Waals surface area contributed by atoms with Gasteiger partial charge in [0, 0.05) is 11.9 Å². The van der Waals surface area contributed by atoms with E-state index in [0.717, 1.165) is 10.9 Å². The summed E-state index contributed by atoms with van der Waals surface area (Å²) >= 11 is 0. The first kappa shape index (κ1) is 11.8. The highest BCUT2D eigenvalue weighted by molar-refractivity contribution is 5.87. The Morgan fingerprint density at radius 1 is 1.29 bits per heavy atom. The molecular weight excluding hydrogens is 216 g/mol. The third-order valence-corrected chi connectivity index (χ3v) is 2.57. The Labute approximate surface area is 99.9 Å². The number of anilines is 1. The maximum absolute atomic E-state index is 8.83. The van der Waals surface area contributed by atoms with E-state index in [0.29, 0.717) is 24.7 Å². The fourth-order valence-electron chi connectivity index (χ4n) is 1.71. The average molecular weight is 232 g/mol. The molecule has 0 saturated carbocycles. The lowest BCUT2D eigenvalue weighted by Crippen LogP contribution is -2.23. The maximum Gasteiger partial charge on any atom is 0.145 e. The summed E-state index contributed by atoms with van der Waals surface area (Å²) in [6, 6.07) is 7.67. The number of hydrogen-bond donors (Lipinski definition) is 2. The number of aliphatic hydroxyl groups is 1. The van der Waals surface area contributed by atoms with Gasteiger partial charge in [0.1, 0.15) is 11.6 Å². The van der Waals surface area contributed by atoms with Crippen LogP contribution in [0.3, 0.4) is 0 Å². The number of benzene rings is 1. The molecule has 0 spiro atoms. The minimum Gasteiger partial charge on any atom is -0.395 e. The summed E-state index contributed by atoms with van der Waals surface area (Å²) in [5.74, 6) is 1.18. The molecule has 5 heteroatoms. The van der Waals surface area contributed by atoms with E-state index in [4.69, 9.17) is 10.8 Å².